The first-order valence-corrected chi connectivity index (χ1v) is 6.15. The Morgan fingerprint density at radius 1 is 1.45 bits per heavy atom. The first kappa shape index (κ1) is 14.0. The van der Waals surface area contributed by atoms with Crippen molar-refractivity contribution >= 4 is 11.7 Å². The number of rotatable bonds is 7. The van der Waals surface area contributed by atoms with E-state index in [1.165, 1.54) is 6.33 Å². The molecule has 1 amide bonds. The van der Waals surface area contributed by atoms with Crippen LogP contribution < -0.4 is 10.6 Å². The van der Waals surface area contributed by atoms with Crippen molar-refractivity contribution in [2.75, 3.05) is 25.6 Å². The van der Waals surface area contributed by atoms with Crippen molar-refractivity contribution in [1.82, 2.24) is 15.3 Å². The van der Waals surface area contributed by atoms with E-state index < -0.39 is 0 Å². The molecule has 7 heteroatoms. The third kappa shape index (κ3) is 4.06. The summed E-state index contributed by atoms with van der Waals surface area (Å²) in [7, 11) is 1.62. The zero-order chi connectivity index (χ0) is 14.2. The molecular weight excluding hydrogens is 260 g/mol. The number of hydrogen-bond donors (Lipinski definition) is 2. The van der Waals surface area contributed by atoms with Crippen LogP contribution in [0.1, 0.15) is 16.2 Å². The van der Waals surface area contributed by atoms with Gasteiger partial charge in [0.05, 0.1) is 19.4 Å². The number of furan rings is 1. The average molecular weight is 276 g/mol. The molecule has 0 atom stereocenters. The molecule has 0 aromatic carbocycles. The summed E-state index contributed by atoms with van der Waals surface area (Å²) >= 11 is 0. The van der Waals surface area contributed by atoms with Gasteiger partial charge in [-0.15, -0.1) is 0 Å². The lowest BCUT2D eigenvalue weighted by Crippen LogP contribution is -2.24. The maximum Gasteiger partial charge on any atom is 0.270 e. The van der Waals surface area contributed by atoms with Crippen LogP contribution in [0.25, 0.3) is 0 Å². The second-order valence-corrected chi connectivity index (χ2v) is 3.97. The number of carbonyl (C=O) groups is 1. The van der Waals surface area contributed by atoms with Gasteiger partial charge in [0.1, 0.15) is 23.6 Å². The van der Waals surface area contributed by atoms with E-state index in [1.54, 1.807) is 31.6 Å². The van der Waals surface area contributed by atoms with Gasteiger partial charge in [-0.2, -0.15) is 0 Å². The van der Waals surface area contributed by atoms with Crippen LogP contribution >= 0.6 is 0 Å². The summed E-state index contributed by atoms with van der Waals surface area (Å²) in [6.07, 6.45) is 2.90. The van der Waals surface area contributed by atoms with E-state index >= 15 is 0 Å². The zero-order valence-electron chi connectivity index (χ0n) is 11.1. The molecule has 2 heterocycles. The molecule has 0 bridgehead atoms. The van der Waals surface area contributed by atoms with Crippen LogP contribution in [0, 0.1) is 0 Å². The molecule has 0 fully saturated rings. The number of nitrogens with zero attached hydrogens (tertiary/aromatic N) is 2. The van der Waals surface area contributed by atoms with Crippen molar-refractivity contribution in [3.05, 3.63) is 42.2 Å². The molecule has 0 saturated carbocycles. The summed E-state index contributed by atoms with van der Waals surface area (Å²) in [6, 6.07) is 5.15. The minimum absolute atomic E-state index is 0.279. The highest BCUT2D eigenvalue weighted by Crippen LogP contribution is 2.04. The van der Waals surface area contributed by atoms with E-state index in [-0.39, 0.29) is 5.91 Å². The summed E-state index contributed by atoms with van der Waals surface area (Å²) in [5.41, 5.74) is 0.298. The number of methoxy groups -OCH3 is 1. The Hall–Kier alpha value is -2.41. The fraction of sp³-hybridized carbons (Fsp3) is 0.308. The van der Waals surface area contributed by atoms with Gasteiger partial charge >= 0.3 is 0 Å². The molecular formula is C13H16N4O3. The van der Waals surface area contributed by atoms with Crippen molar-refractivity contribution in [1.29, 1.82) is 0 Å². The second kappa shape index (κ2) is 7.25. The molecule has 0 unspecified atom stereocenters. The first-order valence-electron chi connectivity index (χ1n) is 6.15. The van der Waals surface area contributed by atoms with Gasteiger partial charge in [-0.05, 0) is 12.1 Å². The Morgan fingerprint density at radius 2 is 2.35 bits per heavy atom. The van der Waals surface area contributed by atoms with Crippen LogP contribution in [-0.4, -0.2) is 36.1 Å². The largest absolute Gasteiger partial charge is 0.467 e. The molecule has 20 heavy (non-hydrogen) atoms. The van der Waals surface area contributed by atoms with E-state index in [2.05, 4.69) is 20.6 Å². The number of amides is 1. The summed E-state index contributed by atoms with van der Waals surface area (Å²) in [6.45, 7) is 1.49. The Balaban J connectivity index is 1.90. The number of ether oxygens (including phenoxy) is 1. The van der Waals surface area contributed by atoms with Gasteiger partial charge in [0.15, 0.2) is 0 Å². The van der Waals surface area contributed by atoms with Gasteiger partial charge in [0.2, 0.25) is 0 Å². The topological polar surface area (TPSA) is 89.3 Å². The van der Waals surface area contributed by atoms with Gasteiger partial charge in [-0.1, -0.05) is 0 Å². The van der Waals surface area contributed by atoms with Crippen molar-refractivity contribution in [3.8, 4) is 0 Å². The van der Waals surface area contributed by atoms with Gasteiger partial charge in [0.25, 0.3) is 5.91 Å². The Kier molecular flexibility index (Phi) is 5.08. The van der Waals surface area contributed by atoms with E-state index in [0.29, 0.717) is 37.0 Å². The van der Waals surface area contributed by atoms with Gasteiger partial charge in [-0.25, -0.2) is 9.97 Å². The molecule has 0 aliphatic carbocycles. The number of hydrogen-bond acceptors (Lipinski definition) is 6. The summed E-state index contributed by atoms with van der Waals surface area (Å²) < 4.78 is 10.1. The van der Waals surface area contributed by atoms with Gasteiger partial charge in [-0.3, -0.25) is 4.79 Å². The lowest BCUT2D eigenvalue weighted by atomic mass is 10.3. The van der Waals surface area contributed by atoms with Crippen LogP contribution in [-0.2, 0) is 11.3 Å². The quantitative estimate of drug-likeness (QED) is 0.735. The van der Waals surface area contributed by atoms with Crippen LogP contribution in [0.3, 0.4) is 0 Å². The SMILES string of the molecule is COCCNc1cc(C(=O)NCc2ccco2)ncn1. The molecule has 2 N–H and O–H groups in total. The normalized spacial score (nSPS) is 10.2. The van der Waals surface area contributed by atoms with Crippen LogP contribution in [0.15, 0.2) is 35.2 Å². The van der Waals surface area contributed by atoms with E-state index in [1.807, 2.05) is 0 Å². The van der Waals surface area contributed by atoms with Crippen LogP contribution in [0.2, 0.25) is 0 Å². The Morgan fingerprint density at radius 3 is 3.10 bits per heavy atom. The Bertz CT molecular complexity index is 542. The predicted octanol–water partition coefficient (Wildman–Crippen LogP) is 1.06. The average Bonchev–Trinajstić information content (AvgIpc) is 2.99. The van der Waals surface area contributed by atoms with Crippen molar-refractivity contribution in [2.45, 2.75) is 6.54 Å². The molecule has 7 nitrogen and oxygen atoms in total. The first-order chi connectivity index (χ1) is 9.79. The molecule has 2 aromatic heterocycles. The predicted molar refractivity (Wildman–Crippen MR) is 72.3 cm³/mol. The molecule has 0 radical (unpaired) electrons. The van der Waals surface area contributed by atoms with Crippen LogP contribution in [0.4, 0.5) is 5.82 Å². The number of nitrogens with one attached hydrogen (secondary N) is 2. The molecule has 0 spiro atoms. The minimum atomic E-state index is -0.279. The van der Waals surface area contributed by atoms with E-state index in [0.717, 1.165) is 0 Å². The fourth-order valence-corrected chi connectivity index (χ4v) is 1.53. The van der Waals surface area contributed by atoms with E-state index in [4.69, 9.17) is 9.15 Å². The number of anilines is 1. The van der Waals surface area contributed by atoms with Crippen molar-refractivity contribution in [2.24, 2.45) is 0 Å². The molecule has 0 aliphatic heterocycles. The molecule has 0 saturated heterocycles. The smallest absolute Gasteiger partial charge is 0.270 e. The lowest BCUT2D eigenvalue weighted by molar-refractivity contribution is 0.0943. The molecule has 0 aliphatic rings. The van der Waals surface area contributed by atoms with Crippen molar-refractivity contribution < 1.29 is 13.9 Å². The highest BCUT2D eigenvalue weighted by molar-refractivity contribution is 5.92. The van der Waals surface area contributed by atoms with Crippen LogP contribution in [0.5, 0.6) is 0 Å². The number of aromatic nitrogens is 2. The Labute approximate surface area is 116 Å². The summed E-state index contributed by atoms with van der Waals surface area (Å²) in [5, 5.41) is 5.76. The van der Waals surface area contributed by atoms with Gasteiger partial charge in [0, 0.05) is 19.7 Å². The maximum atomic E-state index is 11.9. The third-order valence-electron chi connectivity index (χ3n) is 2.52. The molecule has 2 aromatic rings. The second-order valence-electron chi connectivity index (χ2n) is 3.97. The highest BCUT2D eigenvalue weighted by Gasteiger charge is 2.09. The fourth-order valence-electron chi connectivity index (χ4n) is 1.53. The van der Waals surface area contributed by atoms with E-state index in [9.17, 15) is 4.79 Å². The van der Waals surface area contributed by atoms with Gasteiger partial charge < -0.3 is 19.8 Å². The maximum absolute atomic E-state index is 11.9. The summed E-state index contributed by atoms with van der Waals surface area (Å²) in [4.78, 5) is 19.9. The molecule has 106 valence electrons. The standard InChI is InChI=1S/C13H16N4O3/c1-19-6-4-14-12-7-11(16-9-17-12)13(18)15-8-10-3-2-5-20-10/h2-3,5,7,9H,4,6,8H2,1H3,(H,15,18)(H,14,16,17). The third-order valence-corrected chi connectivity index (χ3v) is 2.52. The highest BCUT2D eigenvalue weighted by atomic mass is 16.5. The molecule has 2 rings (SSSR count). The monoisotopic (exact) mass is 276 g/mol. The minimum Gasteiger partial charge on any atom is -0.467 e. The number of carbonyl (C=O) groups excluding carboxylic acids is 1. The zero-order valence-corrected chi connectivity index (χ0v) is 11.1. The summed E-state index contributed by atoms with van der Waals surface area (Å²) in [5.74, 6) is 0.990. The van der Waals surface area contributed by atoms with Crippen molar-refractivity contribution in [3.63, 3.8) is 0 Å². The lowest BCUT2D eigenvalue weighted by Gasteiger charge is -2.06.